The summed E-state index contributed by atoms with van der Waals surface area (Å²) in [5.41, 5.74) is 0.839. The van der Waals surface area contributed by atoms with Crippen LogP contribution in [0.2, 0.25) is 5.02 Å². The Bertz CT molecular complexity index is 498. The molecule has 1 N–H and O–H groups in total. The summed E-state index contributed by atoms with van der Waals surface area (Å²) in [5.74, 6) is 1.32. The molecule has 0 spiro atoms. The highest BCUT2D eigenvalue weighted by molar-refractivity contribution is 9.10. The first kappa shape index (κ1) is 11.6. The minimum absolute atomic E-state index is 0.603. The van der Waals surface area contributed by atoms with Gasteiger partial charge in [0, 0.05) is 10.0 Å². The van der Waals surface area contributed by atoms with Gasteiger partial charge in [0.15, 0.2) is 5.76 Å². The summed E-state index contributed by atoms with van der Waals surface area (Å²) < 4.78 is 6.52. The summed E-state index contributed by atoms with van der Waals surface area (Å²) in [6.45, 7) is 0.603. The number of rotatable bonds is 3. The lowest BCUT2D eigenvalue weighted by Gasteiger charge is -2.00. The molecule has 0 bridgehead atoms. The second-order valence-electron chi connectivity index (χ2n) is 3.27. The quantitative estimate of drug-likeness (QED) is 0.943. The third kappa shape index (κ3) is 2.45. The van der Waals surface area contributed by atoms with Crippen molar-refractivity contribution in [3.8, 4) is 11.3 Å². The minimum atomic E-state index is 0.603. The second-order valence-corrected chi connectivity index (χ2v) is 4.60. The molecule has 0 radical (unpaired) electrons. The van der Waals surface area contributed by atoms with Crippen LogP contribution in [0.1, 0.15) is 5.89 Å². The first-order chi connectivity index (χ1) is 7.70. The number of halogens is 2. The van der Waals surface area contributed by atoms with Crippen molar-refractivity contribution in [3.05, 3.63) is 39.8 Å². The van der Waals surface area contributed by atoms with Gasteiger partial charge in [0.25, 0.3) is 0 Å². The molecule has 5 heteroatoms. The van der Waals surface area contributed by atoms with Crippen molar-refractivity contribution in [2.75, 3.05) is 7.05 Å². The average Bonchev–Trinajstić information content (AvgIpc) is 2.71. The molecule has 0 aliphatic heterocycles. The predicted octanol–water partition coefficient (Wildman–Crippen LogP) is 3.48. The number of hydrogen-bond donors (Lipinski definition) is 1. The molecule has 0 amide bonds. The maximum atomic E-state index is 6.09. The van der Waals surface area contributed by atoms with Gasteiger partial charge in [-0.15, -0.1) is 0 Å². The second kappa shape index (κ2) is 4.99. The highest BCUT2D eigenvalue weighted by Gasteiger charge is 2.09. The fourth-order valence-electron chi connectivity index (χ4n) is 1.35. The molecule has 0 unspecified atom stereocenters. The molecule has 0 atom stereocenters. The van der Waals surface area contributed by atoms with Crippen LogP contribution in [0.5, 0.6) is 0 Å². The molecule has 2 rings (SSSR count). The van der Waals surface area contributed by atoms with Gasteiger partial charge < -0.3 is 9.73 Å². The molecule has 0 aliphatic carbocycles. The van der Waals surface area contributed by atoms with E-state index < -0.39 is 0 Å². The average molecular weight is 302 g/mol. The van der Waals surface area contributed by atoms with Crippen molar-refractivity contribution in [3.63, 3.8) is 0 Å². The van der Waals surface area contributed by atoms with E-state index >= 15 is 0 Å². The Balaban J connectivity index is 2.38. The van der Waals surface area contributed by atoms with Crippen LogP contribution in [0, 0.1) is 0 Å². The van der Waals surface area contributed by atoms with E-state index in [9.17, 15) is 0 Å². The molecule has 0 saturated heterocycles. The highest BCUT2D eigenvalue weighted by atomic mass is 79.9. The molecule has 1 aromatic heterocycles. The topological polar surface area (TPSA) is 38.1 Å². The minimum Gasteiger partial charge on any atom is -0.439 e. The van der Waals surface area contributed by atoms with Crippen molar-refractivity contribution in [1.29, 1.82) is 0 Å². The highest BCUT2D eigenvalue weighted by Crippen LogP contribution is 2.30. The first-order valence-electron chi connectivity index (χ1n) is 4.75. The van der Waals surface area contributed by atoms with Gasteiger partial charge in [-0.2, -0.15) is 0 Å². The number of hydrogen-bond acceptors (Lipinski definition) is 3. The van der Waals surface area contributed by atoms with E-state index in [4.69, 9.17) is 16.0 Å². The van der Waals surface area contributed by atoms with Crippen LogP contribution >= 0.6 is 27.5 Å². The van der Waals surface area contributed by atoms with Crippen LogP contribution in [0.4, 0.5) is 0 Å². The van der Waals surface area contributed by atoms with Crippen molar-refractivity contribution in [2.45, 2.75) is 6.54 Å². The SMILES string of the molecule is CNCc1ncc(-c2cc(Br)ccc2Cl)o1. The zero-order valence-electron chi connectivity index (χ0n) is 8.63. The maximum absolute atomic E-state index is 6.09. The van der Waals surface area contributed by atoms with E-state index in [0.717, 1.165) is 10.0 Å². The smallest absolute Gasteiger partial charge is 0.208 e. The number of aromatic nitrogens is 1. The van der Waals surface area contributed by atoms with Crippen LogP contribution in [0.15, 0.2) is 33.3 Å². The number of nitrogens with zero attached hydrogens (tertiary/aromatic N) is 1. The lowest BCUT2D eigenvalue weighted by molar-refractivity contribution is 0.491. The molecule has 3 nitrogen and oxygen atoms in total. The largest absolute Gasteiger partial charge is 0.439 e. The summed E-state index contributed by atoms with van der Waals surface area (Å²) in [4.78, 5) is 4.15. The van der Waals surface area contributed by atoms with Gasteiger partial charge in [-0.3, -0.25) is 0 Å². The van der Waals surface area contributed by atoms with Gasteiger partial charge in [-0.1, -0.05) is 27.5 Å². The molecule has 0 aliphatic rings. The first-order valence-corrected chi connectivity index (χ1v) is 5.92. The molecule has 1 aromatic carbocycles. The summed E-state index contributed by atoms with van der Waals surface area (Å²) in [7, 11) is 1.84. The Morgan fingerprint density at radius 2 is 2.31 bits per heavy atom. The molecule has 2 aromatic rings. The number of oxazole rings is 1. The van der Waals surface area contributed by atoms with Crippen LogP contribution in [-0.4, -0.2) is 12.0 Å². The predicted molar refractivity (Wildman–Crippen MR) is 67.4 cm³/mol. The van der Waals surface area contributed by atoms with E-state index in [2.05, 4.69) is 26.2 Å². The van der Waals surface area contributed by atoms with Crippen LogP contribution in [0.25, 0.3) is 11.3 Å². The van der Waals surface area contributed by atoms with Crippen molar-refractivity contribution in [2.24, 2.45) is 0 Å². The number of nitrogens with one attached hydrogen (secondary N) is 1. The molecular weight excluding hydrogens is 291 g/mol. The summed E-state index contributed by atoms with van der Waals surface area (Å²) in [6.07, 6.45) is 1.68. The Morgan fingerprint density at radius 1 is 1.50 bits per heavy atom. The van der Waals surface area contributed by atoms with Gasteiger partial charge >= 0.3 is 0 Å². The maximum Gasteiger partial charge on any atom is 0.208 e. The van der Waals surface area contributed by atoms with Crippen LogP contribution < -0.4 is 5.32 Å². The van der Waals surface area contributed by atoms with Crippen molar-refractivity contribution < 1.29 is 4.42 Å². The summed E-state index contributed by atoms with van der Waals surface area (Å²) >= 11 is 9.49. The van der Waals surface area contributed by atoms with E-state index in [1.807, 2.05) is 25.2 Å². The summed E-state index contributed by atoms with van der Waals surface area (Å²) in [6, 6.07) is 5.62. The van der Waals surface area contributed by atoms with Gasteiger partial charge in [-0.05, 0) is 25.2 Å². The Morgan fingerprint density at radius 3 is 3.06 bits per heavy atom. The van der Waals surface area contributed by atoms with Gasteiger partial charge in [-0.25, -0.2) is 4.98 Å². The van der Waals surface area contributed by atoms with Gasteiger partial charge in [0.05, 0.1) is 17.8 Å². The van der Waals surface area contributed by atoms with Crippen LogP contribution in [0.3, 0.4) is 0 Å². The van der Waals surface area contributed by atoms with Crippen molar-refractivity contribution in [1.82, 2.24) is 10.3 Å². The Labute approximate surface area is 107 Å². The lowest BCUT2D eigenvalue weighted by Crippen LogP contribution is -2.04. The van der Waals surface area contributed by atoms with E-state index in [1.165, 1.54) is 0 Å². The summed E-state index contributed by atoms with van der Waals surface area (Å²) in [5, 5.41) is 3.62. The Hall–Kier alpha value is -0.840. The van der Waals surface area contributed by atoms with Crippen molar-refractivity contribution >= 4 is 27.5 Å². The molecule has 1 heterocycles. The standard InChI is InChI=1S/C11H10BrClN2O/c1-14-6-11-15-5-10(16-11)8-4-7(12)2-3-9(8)13/h2-5,14H,6H2,1H3. The molecule has 0 saturated carbocycles. The van der Waals surface area contributed by atoms with E-state index in [-0.39, 0.29) is 0 Å². The monoisotopic (exact) mass is 300 g/mol. The third-order valence-corrected chi connectivity index (χ3v) is 2.90. The third-order valence-electron chi connectivity index (χ3n) is 2.08. The van der Waals surface area contributed by atoms with Crippen LogP contribution in [-0.2, 0) is 6.54 Å². The fourth-order valence-corrected chi connectivity index (χ4v) is 1.93. The molecule has 16 heavy (non-hydrogen) atoms. The Kier molecular flexibility index (Phi) is 3.63. The van der Waals surface area contributed by atoms with E-state index in [1.54, 1.807) is 6.20 Å². The normalized spacial score (nSPS) is 10.7. The van der Waals surface area contributed by atoms with E-state index in [0.29, 0.717) is 23.2 Å². The molecule has 0 fully saturated rings. The van der Waals surface area contributed by atoms with Gasteiger partial charge in [0.1, 0.15) is 0 Å². The fraction of sp³-hybridized carbons (Fsp3) is 0.182. The number of benzene rings is 1. The lowest BCUT2D eigenvalue weighted by atomic mass is 10.2. The van der Waals surface area contributed by atoms with Gasteiger partial charge in [0.2, 0.25) is 5.89 Å². The zero-order chi connectivity index (χ0) is 11.5. The zero-order valence-corrected chi connectivity index (χ0v) is 11.0. The molecular formula is C11H10BrClN2O. The molecule has 84 valence electrons.